The number of amides is 2. The maximum Gasteiger partial charge on any atom is 0.407 e. The summed E-state index contributed by atoms with van der Waals surface area (Å²) >= 11 is 0. The molecule has 0 saturated heterocycles. The molecule has 0 heterocycles. The Labute approximate surface area is 131 Å². The molecule has 2 N–H and O–H groups in total. The Morgan fingerprint density at radius 1 is 1.36 bits per heavy atom. The molecule has 118 valence electrons. The molecular weight excluding hydrogens is 280 g/mol. The van der Waals surface area contributed by atoms with Crippen LogP contribution in [0.25, 0.3) is 0 Å². The molecule has 0 aliphatic heterocycles. The minimum atomic E-state index is -0.568. The highest BCUT2D eigenvalue weighted by atomic mass is 16.6. The molecule has 0 aromatic heterocycles. The Balaban J connectivity index is 2.47. The van der Waals surface area contributed by atoms with Crippen LogP contribution in [0.5, 0.6) is 0 Å². The van der Waals surface area contributed by atoms with E-state index in [2.05, 4.69) is 16.6 Å². The van der Waals surface area contributed by atoms with Crippen LogP contribution in [0.1, 0.15) is 39.7 Å². The molecule has 22 heavy (non-hydrogen) atoms. The topological polar surface area (TPSA) is 67.4 Å². The van der Waals surface area contributed by atoms with E-state index < -0.39 is 11.7 Å². The first-order valence-corrected chi connectivity index (χ1v) is 7.05. The Morgan fingerprint density at radius 3 is 2.64 bits per heavy atom. The lowest BCUT2D eigenvalue weighted by atomic mass is 10.2. The van der Waals surface area contributed by atoms with Crippen molar-refractivity contribution < 1.29 is 14.3 Å². The maximum absolute atomic E-state index is 11.9. The number of terminal acetylenes is 1. The Kier molecular flexibility index (Phi) is 6.00. The largest absolute Gasteiger partial charge is 0.444 e. The molecule has 0 spiro atoms. The quantitative estimate of drug-likeness (QED) is 0.840. The number of hydrogen-bond acceptors (Lipinski definition) is 3. The maximum atomic E-state index is 11.9. The standard InChI is InChI=1S/C17H22N2O3/c1-6-13-8-7-9-14(11-13)19-15(20)10-12(2)18-16(21)22-17(3,4)5/h1,7-9,11-12H,10H2,2-5H3,(H,18,21)(H,19,20). The molecular formula is C17H22N2O3. The van der Waals surface area contributed by atoms with Gasteiger partial charge in [-0.2, -0.15) is 0 Å². The SMILES string of the molecule is C#Cc1cccc(NC(=O)CC(C)NC(=O)OC(C)(C)C)c1. The summed E-state index contributed by atoms with van der Waals surface area (Å²) in [4.78, 5) is 23.5. The van der Waals surface area contributed by atoms with E-state index in [1.54, 1.807) is 52.0 Å². The van der Waals surface area contributed by atoms with Crippen molar-refractivity contribution in [3.05, 3.63) is 29.8 Å². The molecule has 0 aliphatic rings. The average Bonchev–Trinajstić information content (AvgIpc) is 2.35. The number of anilines is 1. The van der Waals surface area contributed by atoms with Crippen molar-refractivity contribution in [1.82, 2.24) is 5.32 Å². The zero-order chi connectivity index (χ0) is 16.8. The smallest absolute Gasteiger partial charge is 0.407 e. The van der Waals surface area contributed by atoms with Crippen molar-refractivity contribution in [2.24, 2.45) is 0 Å². The van der Waals surface area contributed by atoms with E-state index in [0.717, 1.165) is 0 Å². The van der Waals surface area contributed by atoms with Gasteiger partial charge in [-0.15, -0.1) is 6.42 Å². The van der Waals surface area contributed by atoms with Crippen molar-refractivity contribution in [2.45, 2.75) is 45.8 Å². The minimum absolute atomic E-state index is 0.138. The summed E-state index contributed by atoms with van der Waals surface area (Å²) in [5, 5.41) is 5.36. The van der Waals surface area contributed by atoms with Gasteiger partial charge in [-0.05, 0) is 45.9 Å². The summed E-state index contributed by atoms with van der Waals surface area (Å²) < 4.78 is 5.13. The molecule has 1 atom stereocenters. The molecule has 1 rings (SSSR count). The second-order valence-electron chi connectivity index (χ2n) is 6.02. The summed E-state index contributed by atoms with van der Waals surface area (Å²) in [6, 6.07) is 6.68. The molecule has 5 nitrogen and oxygen atoms in total. The van der Waals surface area contributed by atoms with E-state index in [4.69, 9.17) is 11.2 Å². The Hall–Kier alpha value is -2.48. The van der Waals surface area contributed by atoms with Gasteiger partial charge in [0.25, 0.3) is 0 Å². The minimum Gasteiger partial charge on any atom is -0.444 e. The summed E-state index contributed by atoms with van der Waals surface area (Å²) in [7, 11) is 0. The number of hydrogen-bond donors (Lipinski definition) is 2. The molecule has 0 saturated carbocycles. The van der Waals surface area contributed by atoms with Crippen LogP contribution >= 0.6 is 0 Å². The number of carbonyl (C=O) groups excluding carboxylic acids is 2. The first kappa shape index (κ1) is 17.6. The predicted octanol–water partition coefficient (Wildman–Crippen LogP) is 2.91. The van der Waals surface area contributed by atoms with Gasteiger partial charge in [-0.25, -0.2) is 4.79 Å². The predicted molar refractivity (Wildman–Crippen MR) is 86.5 cm³/mol. The molecule has 0 radical (unpaired) electrons. The highest BCUT2D eigenvalue weighted by molar-refractivity contribution is 5.91. The van der Waals surface area contributed by atoms with E-state index in [-0.39, 0.29) is 18.4 Å². The third kappa shape index (κ3) is 6.80. The van der Waals surface area contributed by atoms with Crippen LogP contribution in [0.3, 0.4) is 0 Å². The highest BCUT2D eigenvalue weighted by Crippen LogP contribution is 2.11. The fourth-order valence-corrected chi connectivity index (χ4v) is 1.74. The summed E-state index contributed by atoms with van der Waals surface area (Å²) in [6.07, 6.45) is 4.91. The normalized spacial score (nSPS) is 12.0. The lowest BCUT2D eigenvalue weighted by Gasteiger charge is -2.21. The van der Waals surface area contributed by atoms with E-state index >= 15 is 0 Å². The lowest BCUT2D eigenvalue weighted by molar-refractivity contribution is -0.116. The fourth-order valence-electron chi connectivity index (χ4n) is 1.74. The third-order valence-electron chi connectivity index (χ3n) is 2.57. The second-order valence-corrected chi connectivity index (χ2v) is 6.02. The monoisotopic (exact) mass is 302 g/mol. The second kappa shape index (κ2) is 7.51. The number of ether oxygens (including phenoxy) is 1. The van der Waals surface area contributed by atoms with Crippen molar-refractivity contribution >= 4 is 17.7 Å². The lowest BCUT2D eigenvalue weighted by Crippen LogP contribution is -2.39. The number of carbonyl (C=O) groups is 2. The van der Waals surface area contributed by atoms with E-state index in [9.17, 15) is 9.59 Å². The van der Waals surface area contributed by atoms with Gasteiger partial charge >= 0.3 is 6.09 Å². The number of benzene rings is 1. The zero-order valence-corrected chi connectivity index (χ0v) is 13.4. The average molecular weight is 302 g/mol. The van der Waals surface area contributed by atoms with E-state index in [1.807, 2.05) is 0 Å². The Morgan fingerprint density at radius 2 is 2.05 bits per heavy atom. The first-order chi connectivity index (χ1) is 10.2. The van der Waals surface area contributed by atoms with Crippen LogP contribution < -0.4 is 10.6 Å². The molecule has 0 bridgehead atoms. The third-order valence-corrected chi connectivity index (χ3v) is 2.57. The Bertz CT molecular complexity index is 582. The van der Waals surface area contributed by atoms with Gasteiger partial charge in [-0.1, -0.05) is 12.0 Å². The number of rotatable bonds is 4. The molecule has 1 aromatic rings. The molecule has 0 fully saturated rings. The van der Waals surface area contributed by atoms with Crippen LogP contribution in [-0.2, 0) is 9.53 Å². The molecule has 5 heteroatoms. The molecule has 0 aliphatic carbocycles. The van der Waals surface area contributed by atoms with Crippen LogP contribution in [0.2, 0.25) is 0 Å². The summed E-state index contributed by atoms with van der Waals surface area (Å²) in [5.41, 5.74) is 0.754. The van der Waals surface area contributed by atoms with Gasteiger partial charge in [0.15, 0.2) is 0 Å². The van der Waals surface area contributed by atoms with Gasteiger partial charge in [0.2, 0.25) is 5.91 Å². The van der Waals surface area contributed by atoms with Crippen molar-refractivity contribution in [3.8, 4) is 12.3 Å². The molecule has 1 unspecified atom stereocenters. The van der Waals surface area contributed by atoms with Crippen molar-refractivity contribution in [2.75, 3.05) is 5.32 Å². The fraction of sp³-hybridized carbons (Fsp3) is 0.412. The molecule has 2 amide bonds. The number of alkyl carbamates (subject to hydrolysis) is 1. The van der Waals surface area contributed by atoms with Gasteiger partial charge in [0, 0.05) is 23.7 Å². The highest BCUT2D eigenvalue weighted by Gasteiger charge is 2.18. The van der Waals surface area contributed by atoms with Crippen LogP contribution in [-0.4, -0.2) is 23.6 Å². The van der Waals surface area contributed by atoms with Crippen LogP contribution in [0.4, 0.5) is 10.5 Å². The van der Waals surface area contributed by atoms with Crippen LogP contribution in [0, 0.1) is 12.3 Å². The van der Waals surface area contributed by atoms with Gasteiger partial charge in [0.1, 0.15) is 5.60 Å². The van der Waals surface area contributed by atoms with Crippen molar-refractivity contribution in [1.29, 1.82) is 0 Å². The van der Waals surface area contributed by atoms with Crippen LogP contribution in [0.15, 0.2) is 24.3 Å². The number of nitrogens with one attached hydrogen (secondary N) is 2. The van der Waals surface area contributed by atoms with Crippen molar-refractivity contribution in [3.63, 3.8) is 0 Å². The molecule has 1 aromatic carbocycles. The van der Waals surface area contributed by atoms with E-state index in [0.29, 0.717) is 11.3 Å². The zero-order valence-electron chi connectivity index (χ0n) is 13.4. The first-order valence-electron chi connectivity index (χ1n) is 7.05. The summed E-state index contributed by atoms with van der Waals surface area (Å²) in [5.74, 6) is 2.29. The van der Waals surface area contributed by atoms with Gasteiger partial charge in [0.05, 0.1) is 0 Å². The van der Waals surface area contributed by atoms with Gasteiger partial charge in [-0.3, -0.25) is 4.79 Å². The van der Waals surface area contributed by atoms with Gasteiger partial charge < -0.3 is 15.4 Å². The summed E-state index contributed by atoms with van der Waals surface area (Å²) in [6.45, 7) is 7.08. The van der Waals surface area contributed by atoms with E-state index in [1.165, 1.54) is 0 Å².